The predicted octanol–water partition coefficient (Wildman–Crippen LogP) is 3.89. The molecule has 0 radical (unpaired) electrons. The van der Waals surface area contributed by atoms with Gasteiger partial charge in [0.2, 0.25) is 0 Å². The molecule has 2 aromatic heterocycles. The van der Waals surface area contributed by atoms with Crippen molar-refractivity contribution >= 4 is 31.9 Å². The van der Waals surface area contributed by atoms with E-state index in [2.05, 4.69) is 60.1 Å². The highest BCUT2D eigenvalue weighted by atomic mass is 79.9. The Labute approximate surface area is 130 Å². The van der Waals surface area contributed by atoms with Crippen molar-refractivity contribution in [2.45, 2.75) is 19.4 Å². The zero-order valence-corrected chi connectivity index (χ0v) is 13.8. The minimum Gasteiger partial charge on any atom is -0.309 e. The van der Waals surface area contributed by atoms with Crippen molar-refractivity contribution in [3.63, 3.8) is 0 Å². The summed E-state index contributed by atoms with van der Waals surface area (Å²) in [7, 11) is 0. The number of halogens is 2. The molecule has 0 aliphatic rings. The van der Waals surface area contributed by atoms with Gasteiger partial charge in [0.1, 0.15) is 0 Å². The summed E-state index contributed by atoms with van der Waals surface area (Å²) < 4.78 is 2.03. The average molecular weight is 385 g/mol. The Balaban J connectivity index is 2.24. The van der Waals surface area contributed by atoms with Crippen LogP contribution in [-0.4, -0.2) is 16.5 Å². The Bertz CT molecular complexity index is 546. The molecule has 3 nitrogen and oxygen atoms in total. The van der Waals surface area contributed by atoms with Gasteiger partial charge in [-0.25, -0.2) is 0 Å². The second-order valence-corrected chi connectivity index (χ2v) is 5.97. The van der Waals surface area contributed by atoms with Gasteiger partial charge < -0.3 is 5.32 Å². The first kappa shape index (κ1) is 14.6. The van der Waals surface area contributed by atoms with Crippen molar-refractivity contribution in [2.75, 3.05) is 6.54 Å². The van der Waals surface area contributed by atoms with E-state index < -0.39 is 0 Å². The lowest BCUT2D eigenvalue weighted by Gasteiger charge is -2.18. The third-order valence-corrected chi connectivity index (χ3v) is 3.87. The molecule has 1 N–H and O–H groups in total. The van der Waals surface area contributed by atoms with Crippen molar-refractivity contribution in [1.29, 1.82) is 0 Å². The molecule has 0 aliphatic carbocycles. The van der Waals surface area contributed by atoms with Crippen LogP contribution in [-0.2, 0) is 6.42 Å². The maximum atomic E-state index is 4.47. The molecule has 5 heteroatoms. The number of hydrogen-bond acceptors (Lipinski definition) is 3. The first-order valence-corrected chi connectivity index (χ1v) is 7.72. The van der Waals surface area contributed by atoms with Gasteiger partial charge >= 0.3 is 0 Å². The number of pyridine rings is 2. The van der Waals surface area contributed by atoms with Gasteiger partial charge in [-0.3, -0.25) is 9.97 Å². The molecule has 0 aromatic carbocycles. The van der Waals surface area contributed by atoms with Crippen LogP contribution in [0, 0.1) is 0 Å². The number of nitrogens with zero attached hydrogens (tertiary/aromatic N) is 2. The lowest BCUT2D eigenvalue weighted by atomic mass is 10.0. The second kappa shape index (κ2) is 7.12. The quantitative estimate of drug-likeness (QED) is 0.849. The van der Waals surface area contributed by atoms with Gasteiger partial charge in [-0.2, -0.15) is 0 Å². The highest BCUT2D eigenvalue weighted by Crippen LogP contribution is 2.24. The molecular formula is C14H15Br2N3. The zero-order chi connectivity index (χ0) is 13.7. The van der Waals surface area contributed by atoms with Gasteiger partial charge in [-0.15, -0.1) is 0 Å². The van der Waals surface area contributed by atoms with E-state index in [4.69, 9.17) is 0 Å². The zero-order valence-electron chi connectivity index (χ0n) is 10.6. The van der Waals surface area contributed by atoms with Gasteiger partial charge in [0.05, 0.1) is 11.7 Å². The highest BCUT2D eigenvalue weighted by molar-refractivity contribution is 9.10. The molecule has 2 rings (SSSR count). The molecular weight excluding hydrogens is 370 g/mol. The predicted molar refractivity (Wildman–Crippen MR) is 84.0 cm³/mol. The molecule has 0 spiro atoms. The number of nitrogens with one attached hydrogen (secondary N) is 1. The van der Waals surface area contributed by atoms with Crippen LogP contribution in [0.15, 0.2) is 45.7 Å². The van der Waals surface area contributed by atoms with Gasteiger partial charge in [-0.1, -0.05) is 6.92 Å². The molecule has 19 heavy (non-hydrogen) atoms. The fourth-order valence-electron chi connectivity index (χ4n) is 1.97. The Morgan fingerprint density at radius 3 is 2.84 bits per heavy atom. The highest BCUT2D eigenvalue weighted by Gasteiger charge is 2.15. The van der Waals surface area contributed by atoms with Crippen LogP contribution in [0.1, 0.15) is 24.2 Å². The summed E-state index contributed by atoms with van der Waals surface area (Å²) in [6.45, 7) is 3.00. The van der Waals surface area contributed by atoms with Gasteiger partial charge in [-0.05, 0) is 68.6 Å². The molecule has 1 atom stereocenters. The first-order chi connectivity index (χ1) is 9.20. The largest absolute Gasteiger partial charge is 0.309 e. The van der Waals surface area contributed by atoms with Gasteiger partial charge in [0.25, 0.3) is 0 Å². The average Bonchev–Trinajstić information content (AvgIpc) is 2.39. The Kier molecular flexibility index (Phi) is 5.48. The third kappa shape index (κ3) is 4.09. The molecule has 2 heterocycles. The lowest BCUT2D eigenvalue weighted by molar-refractivity contribution is 0.534. The molecule has 0 fully saturated rings. The van der Waals surface area contributed by atoms with Crippen molar-refractivity contribution in [3.05, 3.63) is 57.0 Å². The fraction of sp³-hybridized carbons (Fsp3) is 0.286. The minimum atomic E-state index is 0.177. The lowest BCUT2D eigenvalue weighted by Crippen LogP contribution is -2.24. The first-order valence-electron chi connectivity index (χ1n) is 6.14. The van der Waals surface area contributed by atoms with Gasteiger partial charge in [0, 0.05) is 27.5 Å². The van der Waals surface area contributed by atoms with E-state index >= 15 is 0 Å². The van der Waals surface area contributed by atoms with E-state index in [0.29, 0.717) is 0 Å². The number of aromatic nitrogens is 2. The third-order valence-electron chi connectivity index (χ3n) is 2.77. The minimum absolute atomic E-state index is 0.177. The molecule has 100 valence electrons. The summed E-state index contributed by atoms with van der Waals surface area (Å²) in [4.78, 5) is 8.68. The van der Waals surface area contributed by atoms with Crippen molar-refractivity contribution in [3.8, 4) is 0 Å². The molecule has 2 aromatic rings. The van der Waals surface area contributed by atoms with Crippen molar-refractivity contribution in [1.82, 2.24) is 15.3 Å². The SMILES string of the molecule is CCNC(Cc1cncc(Br)c1)c1ncccc1Br. The van der Waals surface area contributed by atoms with E-state index in [1.165, 1.54) is 5.56 Å². The Morgan fingerprint density at radius 2 is 2.16 bits per heavy atom. The summed E-state index contributed by atoms with van der Waals surface area (Å²) >= 11 is 7.02. The van der Waals surface area contributed by atoms with Crippen LogP contribution < -0.4 is 5.32 Å². The Hall–Kier alpha value is -0.780. The second-order valence-electron chi connectivity index (χ2n) is 4.20. The van der Waals surface area contributed by atoms with Crippen LogP contribution in [0.3, 0.4) is 0 Å². The normalized spacial score (nSPS) is 12.4. The van der Waals surface area contributed by atoms with E-state index in [0.717, 1.165) is 27.6 Å². The summed E-state index contributed by atoms with van der Waals surface area (Å²) in [5.74, 6) is 0. The summed E-state index contributed by atoms with van der Waals surface area (Å²) in [5, 5.41) is 3.47. The van der Waals surface area contributed by atoms with E-state index in [-0.39, 0.29) is 6.04 Å². The maximum absolute atomic E-state index is 4.47. The number of likely N-dealkylation sites (N-methyl/N-ethyl adjacent to an activating group) is 1. The van der Waals surface area contributed by atoms with E-state index in [9.17, 15) is 0 Å². The molecule has 0 amide bonds. The van der Waals surface area contributed by atoms with Crippen molar-refractivity contribution < 1.29 is 0 Å². The molecule has 0 aliphatic heterocycles. The molecule has 0 saturated heterocycles. The van der Waals surface area contributed by atoms with Crippen LogP contribution in [0.5, 0.6) is 0 Å². The van der Waals surface area contributed by atoms with Gasteiger partial charge in [0.15, 0.2) is 0 Å². The summed E-state index contributed by atoms with van der Waals surface area (Å²) in [5.41, 5.74) is 2.21. The number of hydrogen-bond donors (Lipinski definition) is 1. The van der Waals surface area contributed by atoms with Crippen LogP contribution >= 0.6 is 31.9 Å². The van der Waals surface area contributed by atoms with Crippen LogP contribution in [0.25, 0.3) is 0 Å². The Morgan fingerprint density at radius 1 is 1.32 bits per heavy atom. The standard InChI is InChI=1S/C14H15Br2N3/c1-2-18-13(14-12(16)4-3-5-19-14)7-10-6-11(15)9-17-8-10/h3-6,8-9,13,18H,2,7H2,1H3. The summed E-state index contributed by atoms with van der Waals surface area (Å²) in [6, 6.07) is 6.22. The fourth-order valence-corrected chi connectivity index (χ4v) is 2.91. The van der Waals surface area contributed by atoms with Crippen LogP contribution in [0.2, 0.25) is 0 Å². The number of rotatable bonds is 5. The molecule has 1 unspecified atom stereocenters. The summed E-state index contributed by atoms with van der Waals surface area (Å²) in [6.07, 6.45) is 6.37. The topological polar surface area (TPSA) is 37.8 Å². The maximum Gasteiger partial charge on any atom is 0.0718 e. The monoisotopic (exact) mass is 383 g/mol. The smallest absolute Gasteiger partial charge is 0.0718 e. The van der Waals surface area contributed by atoms with Crippen molar-refractivity contribution in [2.24, 2.45) is 0 Å². The van der Waals surface area contributed by atoms with E-state index in [1.54, 1.807) is 6.20 Å². The molecule has 0 saturated carbocycles. The van der Waals surface area contributed by atoms with Crippen LogP contribution in [0.4, 0.5) is 0 Å². The van der Waals surface area contributed by atoms with E-state index in [1.807, 2.05) is 24.5 Å². The molecule has 0 bridgehead atoms.